The number of nitrogens with zero attached hydrogens (tertiary/aromatic N) is 1. The monoisotopic (exact) mass is 271 g/mol. The van der Waals surface area contributed by atoms with Crippen LogP contribution in [0.25, 0.3) is 0 Å². The molecular weight excluding hydrogens is 248 g/mol. The highest BCUT2D eigenvalue weighted by molar-refractivity contribution is 7.88. The van der Waals surface area contributed by atoms with Gasteiger partial charge in [0.05, 0.1) is 39.0 Å². The van der Waals surface area contributed by atoms with Gasteiger partial charge in [-0.25, -0.2) is 8.42 Å². The van der Waals surface area contributed by atoms with Gasteiger partial charge in [0, 0.05) is 5.92 Å². The molecule has 3 atom stereocenters. The fourth-order valence-electron chi connectivity index (χ4n) is 3.84. The number of nitrogens with one attached hydrogen (secondary N) is 1. The summed E-state index contributed by atoms with van der Waals surface area (Å²) in [6.07, 6.45) is 8.84. The van der Waals surface area contributed by atoms with E-state index in [0.29, 0.717) is 13.1 Å². The van der Waals surface area contributed by atoms with Crippen molar-refractivity contribution < 1.29 is 13.3 Å². The molecule has 2 fully saturated rings. The number of piperazine rings is 1. The van der Waals surface area contributed by atoms with Crippen molar-refractivity contribution in [3.63, 3.8) is 0 Å². The lowest BCUT2D eigenvalue weighted by Gasteiger charge is -2.33. The summed E-state index contributed by atoms with van der Waals surface area (Å²) in [4.78, 5) is 1.60. The first-order valence-electron chi connectivity index (χ1n) is 6.99. The van der Waals surface area contributed by atoms with Crippen LogP contribution in [0.4, 0.5) is 0 Å². The molecule has 0 aromatic carbocycles. The van der Waals surface area contributed by atoms with Gasteiger partial charge >= 0.3 is 0 Å². The second kappa shape index (κ2) is 4.62. The Morgan fingerprint density at radius 1 is 1.22 bits per heavy atom. The summed E-state index contributed by atoms with van der Waals surface area (Å²) >= 11 is 0. The van der Waals surface area contributed by atoms with Gasteiger partial charge in [0.2, 0.25) is 10.0 Å². The van der Waals surface area contributed by atoms with E-state index in [1.165, 1.54) is 25.6 Å². The highest BCUT2D eigenvalue weighted by atomic mass is 32.2. The topological polar surface area (TPSA) is 41.8 Å². The van der Waals surface area contributed by atoms with E-state index in [2.05, 4.69) is 12.2 Å². The molecule has 1 heterocycles. The maximum atomic E-state index is 11.4. The minimum Gasteiger partial charge on any atom is -0.333 e. The number of rotatable bonds is 3. The van der Waals surface area contributed by atoms with E-state index >= 15 is 0 Å². The molecule has 0 amide bonds. The van der Waals surface area contributed by atoms with Crippen LogP contribution in [0.3, 0.4) is 0 Å². The van der Waals surface area contributed by atoms with E-state index in [1.54, 1.807) is 9.21 Å². The van der Waals surface area contributed by atoms with E-state index in [1.807, 2.05) is 0 Å². The molecule has 5 heteroatoms. The highest BCUT2D eigenvalue weighted by Crippen LogP contribution is 2.42. The van der Waals surface area contributed by atoms with Crippen LogP contribution in [-0.2, 0) is 10.0 Å². The lowest BCUT2D eigenvalue weighted by molar-refractivity contribution is -0.907. The van der Waals surface area contributed by atoms with Gasteiger partial charge in [-0.2, -0.15) is 4.31 Å². The molecule has 102 valence electrons. The second-order valence-corrected chi connectivity index (χ2v) is 8.14. The molecule has 4 nitrogen and oxygen atoms in total. The van der Waals surface area contributed by atoms with Crippen molar-refractivity contribution in [2.45, 2.75) is 12.8 Å². The first-order chi connectivity index (χ1) is 8.52. The molecule has 0 aromatic rings. The Labute approximate surface area is 110 Å². The summed E-state index contributed by atoms with van der Waals surface area (Å²) in [6.45, 7) is 4.59. The molecule has 18 heavy (non-hydrogen) atoms. The Bertz CT molecular complexity index is 438. The SMILES string of the molecule is CS(=O)(=O)N1CC[NH+](C[C@H]2C[C@H]3C=C[C@@H]2C3)CC1. The normalized spacial score (nSPS) is 37.5. The Balaban J connectivity index is 1.50. The van der Waals surface area contributed by atoms with Gasteiger partial charge < -0.3 is 4.90 Å². The highest BCUT2D eigenvalue weighted by Gasteiger charge is 2.38. The zero-order valence-corrected chi connectivity index (χ0v) is 11.8. The fourth-order valence-corrected chi connectivity index (χ4v) is 4.68. The summed E-state index contributed by atoms with van der Waals surface area (Å²) in [5, 5.41) is 0. The summed E-state index contributed by atoms with van der Waals surface area (Å²) in [6, 6.07) is 0. The van der Waals surface area contributed by atoms with Crippen molar-refractivity contribution in [2.75, 3.05) is 39.0 Å². The lowest BCUT2D eigenvalue weighted by Crippen LogP contribution is -3.15. The summed E-state index contributed by atoms with van der Waals surface area (Å²) < 4.78 is 24.5. The molecule has 1 aliphatic heterocycles. The third-order valence-electron chi connectivity index (χ3n) is 4.87. The van der Waals surface area contributed by atoms with Crippen molar-refractivity contribution in [2.24, 2.45) is 17.8 Å². The summed E-state index contributed by atoms with van der Waals surface area (Å²) in [5.41, 5.74) is 0. The van der Waals surface area contributed by atoms with E-state index in [-0.39, 0.29) is 0 Å². The summed E-state index contributed by atoms with van der Waals surface area (Å²) in [5.74, 6) is 2.51. The Morgan fingerprint density at radius 3 is 2.44 bits per heavy atom. The maximum absolute atomic E-state index is 11.4. The van der Waals surface area contributed by atoms with E-state index in [0.717, 1.165) is 30.8 Å². The molecule has 1 saturated heterocycles. The Hall–Kier alpha value is -0.390. The van der Waals surface area contributed by atoms with Crippen LogP contribution >= 0.6 is 0 Å². The fraction of sp³-hybridized carbons (Fsp3) is 0.846. The molecule has 1 N–H and O–H groups in total. The van der Waals surface area contributed by atoms with Crippen molar-refractivity contribution >= 4 is 10.0 Å². The number of hydrogen-bond acceptors (Lipinski definition) is 2. The van der Waals surface area contributed by atoms with Gasteiger partial charge in [-0.3, -0.25) is 0 Å². The number of quaternary nitrogens is 1. The minimum absolute atomic E-state index is 0.699. The first kappa shape index (κ1) is 12.6. The molecular formula is C13H23N2O2S+. The van der Waals surface area contributed by atoms with Gasteiger partial charge in [-0.15, -0.1) is 0 Å². The molecule has 0 aromatic heterocycles. The zero-order valence-electron chi connectivity index (χ0n) is 11.0. The largest absolute Gasteiger partial charge is 0.333 e. The molecule has 3 rings (SSSR count). The Morgan fingerprint density at radius 2 is 1.94 bits per heavy atom. The van der Waals surface area contributed by atoms with Gasteiger partial charge in [0.25, 0.3) is 0 Å². The molecule has 2 aliphatic carbocycles. The van der Waals surface area contributed by atoms with E-state index < -0.39 is 10.0 Å². The van der Waals surface area contributed by atoms with Crippen LogP contribution in [0.1, 0.15) is 12.8 Å². The average Bonchev–Trinajstić information content (AvgIpc) is 2.90. The van der Waals surface area contributed by atoms with Gasteiger partial charge in [0.1, 0.15) is 0 Å². The van der Waals surface area contributed by atoms with Crippen LogP contribution in [0.2, 0.25) is 0 Å². The van der Waals surface area contributed by atoms with E-state index in [9.17, 15) is 8.42 Å². The molecule has 3 aliphatic rings. The van der Waals surface area contributed by atoms with Crippen LogP contribution in [0, 0.1) is 17.8 Å². The molecule has 0 spiro atoms. The number of allylic oxidation sites excluding steroid dienone is 2. The lowest BCUT2D eigenvalue weighted by atomic mass is 9.93. The summed E-state index contributed by atoms with van der Waals surface area (Å²) in [7, 11) is -2.98. The van der Waals surface area contributed by atoms with Crippen molar-refractivity contribution in [1.29, 1.82) is 0 Å². The van der Waals surface area contributed by atoms with Gasteiger partial charge in [-0.1, -0.05) is 12.2 Å². The number of sulfonamides is 1. The van der Waals surface area contributed by atoms with Gasteiger partial charge in [-0.05, 0) is 24.7 Å². The van der Waals surface area contributed by atoms with Crippen LogP contribution in [0.5, 0.6) is 0 Å². The predicted octanol–water partition coefficient (Wildman–Crippen LogP) is -0.641. The average molecular weight is 271 g/mol. The van der Waals surface area contributed by atoms with Crippen molar-refractivity contribution in [1.82, 2.24) is 4.31 Å². The second-order valence-electron chi connectivity index (χ2n) is 6.16. The molecule has 2 bridgehead atoms. The van der Waals surface area contributed by atoms with Crippen LogP contribution in [0.15, 0.2) is 12.2 Å². The zero-order chi connectivity index (χ0) is 12.8. The quantitative estimate of drug-likeness (QED) is 0.694. The molecule has 0 unspecified atom stereocenters. The predicted molar refractivity (Wildman–Crippen MR) is 70.8 cm³/mol. The molecule has 1 saturated carbocycles. The van der Waals surface area contributed by atoms with Crippen molar-refractivity contribution in [3.05, 3.63) is 12.2 Å². The number of hydrogen-bond donors (Lipinski definition) is 1. The standard InChI is InChI=1S/C13H22N2O2S/c1-18(16,17)15-6-4-14(5-7-15)10-13-9-11-2-3-12(13)8-11/h2-3,11-13H,4-10H2,1H3/p+1/t11-,12+,13+/m0/s1. The third kappa shape index (κ3) is 2.49. The first-order valence-corrected chi connectivity index (χ1v) is 8.84. The maximum Gasteiger partial charge on any atom is 0.211 e. The van der Waals surface area contributed by atoms with Crippen LogP contribution in [-0.4, -0.2) is 51.7 Å². The minimum atomic E-state index is -2.98. The van der Waals surface area contributed by atoms with Crippen molar-refractivity contribution in [3.8, 4) is 0 Å². The third-order valence-corrected chi connectivity index (χ3v) is 6.17. The molecule has 0 radical (unpaired) electrons. The number of fused-ring (bicyclic) bond motifs is 2. The van der Waals surface area contributed by atoms with E-state index in [4.69, 9.17) is 0 Å². The van der Waals surface area contributed by atoms with Gasteiger partial charge in [0.15, 0.2) is 0 Å². The van der Waals surface area contributed by atoms with Crippen LogP contribution < -0.4 is 4.90 Å². The Kier molecular flexibility index (Phi) is 3.24. The smallest absolute Gasteiger partial charge is 0.211 e.